The van der Waals surface area contributed by atoms with Gasteiger partial charge in [-0.15, -0.1) is 0 Å². The topological polar surface area (TPSA) is 38.4 Å². The fourth-order valence-electron chi connectivity index (χ4n) is 1.17. The zero-order valence-electron chi connectivity index (χ0n) is 8.50. The summed E-state index contributed by atoms with van der Waals surface area (Å²) in [5.74, 6) is 0. The molecule has 0 aliphatic rings. The average Bonchev–Trinajstić information content (AvgIpc) is 2.12. The van der Waals surface area contributed by atoms with Crippen LogP contribution in [0.1, 0.15) is 46.0 Å². The molecule has 0 aromatic heterocycles. The summed E-state index contributed by atoms with van der Waals surface area (Å²) < 4.78 is 0. The summed E-state index contributed by atoms with van der Waals surface area (Å²) in [7, 11) is 0. The predicted molar refractivity (Wildman–Crippen MR) is 58.1 cm³/mol. The van der Waals surface area contributed by atoms with E-state index in [0.29, 0.717) is 4.86 Å². The fourth-order valence-corrected chi connectivity index (χ4v) is 1.30. The minimum atomic E-state index is 0.159. The number of hydroxylamine groups is 1. The summed E-state index contributed by atoms with van der Waals surface area (Å²) in [6.07, 6.45) is 5.98. The third-order valence-corrected chi connectivity index (χ3v) is 2.33. The second kappa shape index (κ2) is 8.48. The van der Waals surface area contributed by atoms with Gasteiger partial charge in [-0.25, -0.2) is 0 Å². The van der Waals surface area contributed by atoms with Gasteiger partial charge in [-0.2, -0.15) is 0 Å². The van der Waals surface area contributed by atoms with Crippen molar-refractivity contribution in [3.05, 3.63) is 5.21 Å². The maximum Gasteiger partial charge on any atom is 0.233 e. The van der Waals surface area contributed by atoms with Gasteiger partial charge in [0.2, 0.25) is 5.45 Å². The summed E-state index contributed by atoms with van der Waals surface area (Å²) in [5, 5.41) is 14.7. The largest absolute Gasteiger partial charge is 0.599 e. The molecule has 0 aliphatic carbocycles. The predicted octanol–water partition coefficient (Wildman–Crippen LogP) is 3.66. The molecule has 0 aromatic carbocycles. The van der Waals surface area contributed by atoms with Crippen molar-refractivity contribution in [3.8, 4) is 0 Å². The molecule has 0 fully saturated rings. The van der Waals surface area contributed by atoms with Crippen molar-refractivity contribution in [2.75, 3.05) is 5.45 Å². The van der Waals surface area contributed by atoms with Crippen molar-refractivity contribution in [1.82, 2.24) is 0 Å². The molecule has 1 atom stereocenters. The first kappa shape index (κ1) is 12.9. The Kier molecular flexibility index (Phi) is 8.40. The number of hydrogen-bond acceptors (Lipinski definition) is 2. The molecule has 0 saturated carbocycles. The van der Waals surface area contributed by atoms with Crippen LogP contribution in [0.5, 0.6) is 0 Å². The minimum absolute atomic E-state index is 0.159. The maximum absolute atomic E-state index is 10.8. The van der Waals surface area contributed by atoms with Gasteiger partial charge >= 0.3 is 0 Å². The lowest BCUT2D eigenvalue weighted by molar-refractivity contribution is -0.510. The summed E-state index contributed by atoms with van der Waals surface area (Å²) in [6.45, 7) is 4.18. The molecule has 4 heteroatoms. The fraction of sp³-hybridized carbons (Fsp3) is 1.00. The minimum Gasteiger partial charge on any atom is -0.599 e. The van der Waals surface area contributed by atoms with Crippen LogP contribution in [-0.4, -0.2) is 16.4 Å². The average molecular weight is 251 g/mol. The molecular weight excluding hydrogens is 232 g/mol. The third kappa shape index (κ3) is 8.22. The van der Waals surface area contributed by atoms with Crippen molar-refractivity contribution >= 4 is 15.9 Å². The van der Waals surface area contributed by atoms with E-state index in [1.807, 2.05) is 6.92 Å². The summed E-state index contributed by atoms with van der Waals surface area (Å²) in [4.78, 5) is 0.699. The van der Waals surface area contributed by atoms with Crippen molar-refractivity contribution in [1.29, 1.82) is 0 Å². The number of hydrogen-bond donors (Lipinski definition) is 0. The van der Waals surface area contributed by atoms with Crippen molar-refractivity contribution in [2.24, 2.45) is 5.11 Å². The Balaban J connectivity index is 3.45. The molecule has 0 aromatic rings. The molecule has 0 aliphatic heterocycles. The summed E-state index contributed by atoms with van der Waals surface area (Å²) >= 11 is 3.06. The number of nitrogens with zero attached hydrogens (tertiary/aromatic N) is 2. The van der Waals surface area contributed by atoms with Crippen LogP contribution in [0.3, 0.4) is 0 Å². The van der Waals surface area contributed by atoms with Crippen molar-refractivity contribution < 1.29 is 4.86 Å². The lowest BCUT2D eigenvalue weighted by Crippen LogP contribution is -2.05. The van der Waals surface area contributed by atoms with Crippen LogP contribution in [-0.2, 0) is 0 Å². The van der Waals surface area contributed by atoms with Gasteiger partial charge in [-0.1, -0.05) is 37.5 Å². The second-order valence-corrected chi connectivity index (χ2v) is 3.79. The Bertz CT molecular complexity index is 151. The lowest BCUT2D eigenvalue weighted by Gasteiger charge is -2.04. The Morgan fingerprint density at radius 1 is 1.38 bits per heavy atom. The molecule has 0 spiro atoms. The molecule has 1 unspecified atom stereocenters. The van der Waals surface area contributed by atoms with E-state index >= 15 is 0 Å². The molecule has 0 saturated heterocycles. The van der Waals surface area contributed by atoms with Gasteiger partial charge in [0, 0.05) is 0 Å². The highest BCUT2D eigenvalue weighted by molar-refractivity contribution is 9.09. The SMILES string of the molecule is CCCCCCC(C)N=[N+]([O-])CBr. The molecule has 0 N–H and O–H groups in total. The van der Waals surface area contributed by atoms with Crippen LogP contribution in [0, 0.1) is 5.21 Å². The van der Waals surface area contributed by atoms with Gasteiger partial charge in [0.15, 0.2) is 0 Å². The smallest absolute Gasteiger partial charge is 0.233 e. The Hall–Kier alpha value is -0.120. The van der Waals surface area contributed by atoms with E-state index in [4.69, 9.17) is 0 Å². The van der Waals surface area contributed by atoms with Crippen LogP contribution in [0.2, 0.25) is 0 Å². The first-order chi connectivity index (χ1) is 6.20. The molecule has 0 radical (unpaired) electrons. The zero-order valence-corrected chi connectivity index (χ0v) is 10.1. The highest BCUT2D eigenvalue weighted by Gasteiger charge is 2.03. The van der Waals surface area contributed by atoms with Crippen molar-refractivity contribution in [3.63, 3.8) is 0 Å². The van der Waals surface area contributed by atoms with E-state index in [-0.39, 0.29) is 11.5 Å². The number of halogens is 1. The Morgan fingerprint density at radius 3 is 2.62 bits per heavy atom. The second-order valence-electron chi connectivity index (χ2n) is 3.29. The first-order valence-corrected chi connectivity index (χ1v) is 6.04. The normalized spacial score (nSPS) is 14.5. The Morgan fingerprint density at radius 2 is 2.08 bits per heavy atom. The van der Waals surface area contributed by atoms with E-state index < -0.39 is 0 Å². The standard InChI is InChI=1S/C9H19BrN2O/c1-3-4-5-6-7-9(2)11-12(13)8-10/h9H,3-8H2,1-2H3. The number of azo groups is 1. The quantitative estimate of drug-likeness (QED) is 0.170. The Labute approximate surface area is 88.9 Å². The van der Waals surface area contributed by atoms with Crippen LogP contribution in [0.25, 0.3) is 0 Å². The van der Waals surface area contributed by atoms with Gasteiger partial charge in [0.05, 0.1) is 0 Å². The first-order valence-electron chi connectivity index (χ1n) is 4.92. The summed E-state index contributed by atoms with van der Waals surface area (Å²) in [5.41, 5.74) is 0.270. The van der Waals surface area contributed by atoms with E-state index in [1.165, 1.54) is 25.7 Å². The van der Waals surface area contributed by atoms with Gasteiger partial charge in [-0.3, -0.25) is 0 Å². The highest BCUT2D eigenvalue weighted by Crippen LogP contribution is 2.07. The third-order valence-electron chi connectivity index (χ3n) is 1.90. The van der Waals surface area contributed by atoms with Crippen LogP contribution < -0.4 is 0 Å². The van der Waals surface area contributed by atoms with Crippen molar-refractivity contribution in [2.45, 2.75) is 52.0 Å². The lowest BCUT2D eigenvalue weighted by atomic mass is 10.1. The molecule has 3 nitrogen and oxygen atoms in total. The number of unbranched alkanes of at least 4 members (excludes halogenated alkanes) is 3. The van der Waals surface area contributed by atoms with E-state index in [1.54, 1.807) is 0 Å². The van der Waals surface area contributed by atoms with Gasteiger partial charge in [0.25, 0.3) is 0 Å². The molecule has 0 bridgehead atoms. The van der Waals surface area contributed by atoms with E-state index in [2.05, 4.69) is 28.0 Å². The molecule has 0 amide bonds. The zero-order chi connectivity index (χ0) is 10.1. The monoisotopic (exact) mass is 250 g/mol. The molecule has 13 heavy (non-hydrogen) atoms. The molecule has 78 valence electrons. The number of rotatable bonds is 7. The van der Waals surface area contributed by atoms with E-state index in [0.717, 1.165) is 6.42 Å². The summed E-state index contributed by atoms with van der Waals surface area (Å²) in [6, 6.07) is 0.159. The van der Waals surface area contributed by atoms with Gasteiger partial charge < -0.3 is 5.21 Å². The molecule has 0 rings (SSSR count). The van der Waals surface area contributed by atoms with Crippen LogP contribution >= 0.6 is 15.9 Å². The molecular formula is C9H19BrN2O. The van der Waals surface area contributed by atoms with Crippen LogP contribution in [0.4, 0.5) is 0 Å². The number of alkyl halides is 1. The van der Waals surface area contributed by atoms with Gasteiger partial charge in [0.1, 0.15) is 6.04 Å². The van der Waals surface area contributed by atoms with Crippen LogP contribution in [0.15, 0.2) is 5.11 Å². The molecule has 0 heterocycles. The van der Waals surface area contributed by atoms with Gasteiger partial charge in [-0.05, 0) is 34.4 Å². The maximum atomic E-state index is 10.8. The highest BCUT2D eigenvalue weighted by atomic mass is 79.9. The van der Waals surface area contributed by atoms with E-state index in [9.17, 15) is 5.21 Å².